The maximum atomic E-state index is 3.52. The molecule has 0 aliphatic heterocycles. The summed E-state index contributed by atoms with van der Waals surface area (Å²) in [5, 5.41) is 4.81. The van der Waals surface area contributed by atoms with E-state index in [9.17, 15) is 0 Å². The Kier molecular flexibility index (Phi) is 5.15. The molecule has 0 nitrogen and oxygen atoms in total. The minimum absolute atomic E-state index is 1.02. The molecule has 6 rings (SSSR count). The summed E-state index contributed by atoms with van der Waals surface area (Å²) in [4.78, 5) is 0. The first kappa shape index (κ1) is 20.0. The van der Waals surface area contributed by atoms with Crippen molar-refractivity contribution in [2.24, 2.45) is 0 Å². The smallest absolute Gasteiger partial charge is 0.0406 e. The van der Waals surface area contributed by atoms with E-state index in [1.54, 1.807) is 0 Å². The van der Waals surface area contributed by atoms with Crippen LogP contribution in [-0.4, -0.2) is 0 Å². The van der Waals surface area contributed by atoms with E-state index in [0.717, 1.165) is 11.1 Å². The fourth-order valence-electron chi connectivity index (χ4n) is 4.78. The molecule has 0 amide bonds. The number of fused-ring (bicyclic) bond motifs is 2. The lowest BCUT2D eigenvalue weighted by Gasteiger charge is -2.17. The molecule has 0 N–H and O–H groups in total. The molecule has 0 unspecified atom stereocenters. The summed E-state index contributed by atoms with van der Waals surface area (Å²) < 4.78 is 0. The summed E-state index contributed by atoms with van der Waals surface area (Å²) >= 11 is 0. The Labute approximate surface area is 200 Å². The Morgan fingerprint density at radius 1 is 0.353 bits per heavy atom. The Bertz CT molecular complexity index is 1620. The summed E-state index contributed by atoms with van der Waals surface area (Å²) in [6.07, 6.45) is 0. The van der Waals surface area contributed by atoms with Crippen LogP contribution < -0.4 is 0 Å². The lowest BCUT2D eigenvalue weighted by Crippen LogP contribution is -1.92. The molecule has 0 fully saturated rings. The van der Waals surface area contributed by atoms with E-state index >= 15 is 0 Å². The monoisotopic (exact) mass is 430 g/mol. The van der Waals surface area contributed by atoms with E-state index in [1.807, 2.05) is 18.2 Å². The Morgan fingerprint density at radius 2 is 0.824 bits per heavy atom. The molecule has 0 atom stereocenters. The van der Waals surface area contributed by atoms with Gasteiger partial charge >= 0.3 is 0 Å². The predicted molar refractivity (Wildman–Crippen MR) is 145 cm³/mol. The van der Waals surface area contributed by atoms with Crippen molar-refractivity contribution in [3.63, 3.8) is 0 Å². The van der Waals surface area contributed by atoms with Crippen LogP contribution in [0.3, 0.4) is 0 Å². The van der Waals surface area contributed by atoms with Crippen molar-refractivity contribution in [1.82, 2.24) is 0 Å². The molecule has 34 heavy (non-hydrogen) atoms. The summed E-state index contributed by atoms with van der Waals surface area (Å²) in [7, 11) is 0. The molecular formula is C34H22. The lowest BCUT2D eigenvalue weighted by molar-refractivity contribution is 1.60. The van der Waals surface area contributed by atoms with Gasteiger partial charge in [0.15, 0.2) is 0 Å². The van der Waals surface area contributed by atoms with E-state index in [2.05, 4.69) is 127 Å². The number of rotatable bonds is 2. The van der Waals surface area contributed by atoms with Gasteiger partial charge in [-0.3, -0.25) is 0 Å². The number of hydrogen-bond acceptors (Lipinski definition) is 0. The molecule has 0 spiro atoms. The van der Waals surface area contributed by atoms with Gasteiger partial charge in [0.25, 0.3) is 0 Å². The zero-order chi connectivity index (χ0) is 22.7. The Hall–Kier alpha value is -4.60. The highest BCUT2D eigenvalue weighted by Crippen LogP contribution is 2.42. The second-order valence-corrected chi connectivity index (χ2v) is 8.37. The summed E-state index contributed by atoms with van der Waals surface area (Å²) in [5.41, 5.74) is 7.06. The molecule has 158 valence electrons. The molecule has 6 aromatic carbocycles. The van der Waals surface area contributed by atoms with Crippen LogP contribution in [0, 0.1) is 11.8 Å². The zero-order valence-corrected chi connectivity index (χ0v) is 18.7. The van der Waals surface area contributed by atoms with Gasteiger partial charge in [-0.2, -0.15) is 0 Å². The Morgan fingerprint density at radius 3 is 1.44 bits per heavy atom. The van der Waals surface area contributed by atoms with E-state index in [-0.39, 0.29) is 0 Å². The zero-order valence-electron chi connectivity index (χ0n) is 18.7. The molecule has 0 saturated carbocycles. The van der Waals surface area contributed by atoms with Crippen LogP contribution in [-0.2, 0) is 0 Å². The summed E-state index contributed by atoms with van der Waals surface area (Å²) in [6, 6.07) is 46.9. The van der Waals surface area contributed by atoms with Gasteiger partial charge < -0.3 is 0 Å². The van der Waals surface area contributed by atoms with E-state index in [4.69, 9.17) is 0 Å². The van der Waals surface area contributed by atoms with Gasteiger partial charge in [0.1, 0.15) is 0 Å². The van der Waals surface area contributed by atoms with Crippen molar-refractivity contribution >= 4 is 21.5 Å². The molecule has 0 bridgehead atoms. The molecule has 0 radical (unpaired) electrons. The SMILES string of the molecule is C(#Cc1c2ccccc2c(-c2ccccc2-c2ccccc2)c2ccccc12)c1ccccc1. The lowest BCUT2D eigenvalue weighted by atomic mass is 9.85. The fraction of sp³-hybridized carbons (Fsp3) is 0. The highest BCUT2D eigenvalue weighted by atomic mass is 14.2. The molecule has 0 aliphatic carbocycles. The fourth-order valence-corrected chi connectivity index (χ4v) is 4.78. The van der Waals surface area contributed by atoms with Crippen LogP contribution in [0.25, 0.3) is 43.8 Å². The van der Waals surface area contributed by atoms with E-state index in [0.29, 0.717) is 0 Å². The van der Waals surface area contributed by atoms with Gasteiger partial charge in [0.2, 0.25) is 0 Å². The van der Waals surface area contributed by atoms with Crippen molar-refractivity contribution < 1.29 is 0 Å². The third kappa shape index (κ3) is 3.54. The molecular weight excluding hydrogens is 408 g/mol. The standard InChI is InChI=1S/C34H22/c1-3-13-25(14-4-1)23-24-30-28-18-8-11-21-32(28)34(33-22-12-9-19-29(30)33)31-20-10-7-17-27(31)26-15-5-2-6-16-26/h1-22H. The summed E-state index contributed by atoms with van der Waals surface area (Å²) in [5.74, 6) is 6.91. The third-order valence-electron chi connectivity index (χ3n) is 6.32. The minimum Gasteiger partial charge on any atom is -0.0622 e. The first-order valence-electron chi connectivity index (χ1n) is 11.6. The van der Waals surface area contributed by atoms with E-state index < -0.39 is 0 Å². The van der Waals surface area contributed by atoms with Crippen LogP contribution in [0.15, 0.2) is 133 Å². The van der Waals surface area contributed by atoms with Crippen LogP contribution in [0.5, 0.6) is 0 Å². The largest absolute Gasteiger partial charge is 0.0622 e. The van der Waals surface area contributed by atoms with E-state index in [1.165, 1.54) is 43.8 Å². The van der Waals surface area contributed by atoms with Crippen LogP contribution in [0.2, 0.25) is 0 Å². The first-order valence-corrected chi connectivity index (χ1v) is 11.6. The highest BCUT2D eigenvalue weighted by Gasteiger charge is 2.16. The predicted octanol–water partition coefficient (Wildman–Crippen LogP) is 8.73. The maximum absolute atomic E-state index is 3.52. The molecule has 0 aliphatic rings. The molecule has 0 saturated heterocycles. The topological polar surface area (TPSA) is 0 Å². The molecule has 6 aromatic rings. The van der Waals surface area contributed by atoms with Gasteiger partial charge in [-0.1, -0.05) is 133 Å². The van der Waals surface area contributed by atoms with Gasteiger partial charge in [-0.05, 0) is 55.9 Å². The van der Waals surface area contributed by atoms with Crippen molar-refractivity contribution in [2.75, 3.05) is 0 Å². The van der Waals surface area contributed by atoms with Gasteiger partial charge in [-0.15, -0.1) is 0 Å². The van der Waals surface area contributed by atoms with Crippen LogP contribution in [0.4, 0.5) is 0 Å². The third-order valence-corrected chi connectivity index (χ3v) is 6.32. The molecule has 0 heterocycles. The average Bonchev–Trinajstić information content (AvgIpc) is 2.92. The van der Waals surface area contributed by atoms with Crippen molar-refractivity contribution in [3.8, 4) is 34.1 Å². The molecule has 0 heteroatoms. The molecule has 0 aromatic heterocycles. The second kappa shape index (κ2) is 8.74. The average molecular weight is 431 g/mol. The van der Waals surface area contributed by atoms with Crippen molar-refractivity contribution in [2.45, 2.75) is 0 Å². The second-order valence-electron chi connectivity index (χ2n) is 8.37. The van der Waals surface area contributed by atoms with Gasteiger partial charge in [0, 0.05) is 11.1 Å². The van der Waals surface area contributed by atoms with Crippen LogP contribution >= 0.6 is 0 Å². The minimum atomic E-state index is 1.02. The summed E-state index contributed by atoms with van der Waals surface area (Å²) in [6.45, 7) is 0. The van der Waals surface area contributed by atoms with Gasteiger partial charge in [-0.25, -0.2) is 0 Å². The van der Waals surface area contributed by atoms with Crippen molar-refractivity contribution in [1.29, 1.82) is 0 Å². The van der Waals surface area contributed by atoms with Gasteiger partial charge in [0.05, 0.1) is 0 Å². The van der Waals surface area contributed by atoms with Crippen LogP contribution in [0.1, 0.15) is 11.1 Å². The van der Waals surface area contributed by atoms with Crippen molar-refractivity contribution in [3.05, 3.63) is 145 Å². The Balaban J connectivity index is 1.70. The maximum Gasteiger partial charge on any atom is 0.0406 e. The first-order chi connectivity index (χ1) is 16.9. The quantitative estimate of drug-likeness (QED) is 0.190. The number of hydrogen-bond donors (Lipinski definition) is 0. The normalized spacial score (nSPS) is 10.7. The highest BCUT2D eigenvalue weighted by molar-refractivity contribution is 6.17. The number of benzene rings is 6.